The molecular formula is C95H118N2O4. The summed E-state index contributed by atoms with van der Waals surface area (Å²) in [6.45, 7) is 56.7. The van der Waals surface area contributed by atoms with Gasteiger partial charge >= 0.3 is 0 Å². The van der Waals surface area contributed by atoms with Gasteiger partial charge in [-0.1, -0.05) is 201 Å². The first kappa shape index (κ1) is 70.6. The highest BCUT2D eigenvalue weighted by Gasteiger charge is 2.44. The largest absolute Gasteiger partial charge is 0.505 e. The Labute approximate surface area is 605 Å². The van der Waals surface area contributed by atoms with Gasteiger partial charge in [-0.2, -0.15) is 0 Å². The lowest BCUT2D eigenvalue weighted by molar-refractivity contribution is 0.244. The second-order valence-corrected chi connectivity index (χ2v) is 39.9. The predicted octanol–water partition coefficient (Wildman–Crippen LogP) is 26.4. The summed E-state index contributed by atoms with van der Waals surface area (Å²) in [6.07, 6.45) is 9.50. The highest BCUT2D eigenvalue weighted by Crippen LogP contribution is 2.62. The van der Waals surface area contributed by atoms with E-state index >= 15 is 0 Å². The third-order valence-electron chi connectivity index (χ3n) is 24.2. The van der Waals surface area contributed by atoms with Crippen molar-refractivity contribution in [1.82, 2.24) is 9.13 Å². The summed E-state index contributed by atoms with van der Waals surface area (Å²) in [6, 6.07) is 42.0. The van der Waals surface area contributed by atoms with Crippen molar-refractivity contribution in [3.63, 3.8) is 0 Å². The molecule has 4 aliphatic rings. The Morgan fingerprint density at radius 2 is 0.634 bits per heavy atom. The molecule has 6 heteroatoms. The average molecular weight is 1350 g/mol. The number of phenolic OH excluding ortho intramolecular Hbond substituents is 2. The lowest BCUT2D eigenvalue weighted by atomic mass is 9.71. The summed E-state index contributed by atoms with van der Waals surface area (Å²) in [7, 11) is 0. The number of phenols is 2. The van der Waals surface area contributed by atoms with E-state index in [1.807, 2.05) is 0 Å². The number of nitrogens with zero attached hydrogens (tertiary/aromatic N) is 2. The average Bonchev–Trinajstić information content (AvgIpc) is 1.60. The van der Waals surface area contributed by atoms with Crippen LogP contribution >= 0.6 is 0 Å². The fourth-order valence-electron chi connectivity index (χ4n) is 19.8. The van der Waals surface area contributed by atoms with E-state index in [1.165, 1.54) is 101 Å². The number of hydrogen-bond donors (Lipinski definition) is 2. The zero-order chi connectivity index (χ0) is 72.7. The lowest BCUT2D eigenvalue weighted by Crippen LogP contribution is -2.25. The number of rotatable bonds is 14. The maximum absolute atomic E-state index is 13.8. The molecule has 2 aromatic heterocycles. The Hall–Kier alpha value is -7.44. The van der Waals surface area contributed by atoms with Crippen LogP contribution in [0.3, 0.4) is 0 Å². The maximum Gasteiger partial charge on any atom is 0.147 e. The summed E-state index contributed by atoms with van der Waals surface area (Å²) >= 11 is 0. The molecule has 2 saturated carbocycles. The van der Waals surface area contributed by atoms with Gasteiger partial charge in [0, 0.05) is 61.3 Å². The summed E-state index contributed by atoms with van der Waals surface area (Å²) in [5.74, 6) is 4.19. The van der Waals surface area contributed by atoms with Crippen molar-refractivity contribution in [2.24, 2.45) is 10.8 Å². The monoisotopic (exact) mass is 1350 g/mol. The van der Waals surface area contributed by atoms with Crippen LogP contribution in [0.1, 0.15) is 301 Å². The van der Waals surface area contributed by atoms with Crippen molar-refractivity contribution in [2.75, 3.05) is 13.2 Å². The van der Waals surface area contributed by atoms with Gasteiger partial charge in [-0.3, -0.25) is 0 Å². The van der Waals surface area contributed by atoms with Crippen LogP contribution in [-0.4, -0.2) is 32.6 Å². The van der Waals surface area contributed by atoms with E-state index in [2.05, 4.69) is 284 Å². The van der Waals surface area contributed by atoms with Crippen molar-refractivity contribution in [1.29, 1.82) is 0 Å². The summed E-state index contributed by atoms with van der Waals surface area (Å²) in [4.78, 5) is 0. The standard InChI is InChI=1S/C95H118N2O4/c1-54-40-72(70-44-64(94(21,22)52-88(3,4)5)50-78(84(70)98)96-74-46-60(90(9,10)11)30-34-66(74)67-35-31-61(47-75(67)96)91(12,13)14)86(82-58-28-26-56(42-58)80(54)82)100-38-25-39-101-87-73(41-55(2)81-57-27-29-59(43-57)83(81)87)71-45-65(95(23,24)53-89(6,7)8)51-79(85(71)99)97-76-48-62(92(15,16)17)32-36-68(76)69-37-33-63(49-77(69)97)93(18,19)20/h30-37,40-41,44-51,56-59,98-99H,25-29,38-39,42-43,52-53H2,1-24H3. The summed E-state index contributed by atoms with van der Waals surface area (Å²) in [5, 5.41) is 32.2. The molecule has 0 amide bonds. The van der Waals surface area contributed by atoms with Crippen molar-refractivity contribution in [3.8, 4) is 56.6 Å². The highest BCUT2D eigenvalue weighted by molar-refractivity contribution is 6.11. The Balaban J connectivity index is 0.907. The van der Waals surface area contributed by atoms with E-state index in [0.717, 1.165) is 106 Å². The lowest BCUT2D eigenvalue weighted by Gasteiger charge is -2.34. The number of aromatic hydroxyl groups is 2. The Bertz CT molecular complexity index is 4530. The first-order chi connectivity index (χ1) is 47.0. The van der Waals surface area contributed by atoms with Gasteiger partial charge < -0.3 is 28.8 Å². The molecule has 0 saturated heterocycles. The molecule has 10 aromatic rings. The van der Waals surface area contributed by atoms with Crippen molar-refractivity contribution in [3.05, 3.63) is 176 Å². The molecule has 8 aromatic carbocycles. The number of benzene rings is 8. The zero-order valence-electron chi connectivity index (χ0n) is 66.1. The minimum absolute atomic E-state index is 0.0356. The number of hydrogen-bond acceptors (Lipinski definition) is 4. The normalized spacial score (nSPS) is 18.1. The smallest absolute Gasteiger partial charge is 0.147 e. The second-order valence-electron chi connectivity index (χ2n) is 39.9. The molecular weight excluding hydrogens is 1230 g/mol. The fraction of sp³-hybridized carbons (Fsp3) is 0.495. The van der Waals surface area contributed by atoms with E-state index in [1.54, 1.807) is 0 Å². The molecule has 4 unspecified atom stereocenters. The van der Waals surface area contributed by atoms with Crippen LogP contribution in [0.4, 0.5) is 0 Å². The first-order valence-corrected chi connectivity index (χ1v) is 38.5. The van der Waals surface area contributed by atoms with Gasteiger partial charge in [0.1, 0.15) is 23.0 Å². The van der Waals surface area contributed by atoms with Gasteiger partial charge in [0.05, 0.1) is 46.7 Å². The molecule has 4 bridgehead atoms. The summed E-state index contributed by atoms with van der Waals surface area (Å²) in [5.41, 5.74) is 24.3. The van der Waals surface area contributed by atoms with E-state index in [9.17, 15) is 10.2 Å². The third kappa shape index (κ3) is 12.5. The quantitative estimate of drug-likeness (QED) is 0.106. The third-order valence-corrected chi connectivity index (χ3v) is 24.2. The molecule has 6 nitrogen and oxygen atoms in total. The van der Waals surface area contributed by atoms with Crippen LogP contribution in [0.2, 0.25) is 0 Å². The van der Waals surface area contributed by atoms with E-state index in [-0.39, 0.29) is 54.8 Å². The Kier molecular flexibility index (Phi) is 16.8. The van der Waals surface area contributed by atoms with Crippen LogP contribution in [0.5, 0.6) is 23.0 Å². The van der Waals surface area contributed by atoms with Crippen LogP contribution in [0, 0.1) is 24.7 Å². The van der Waals surface area contributed by atoms with Gasteiger partial charge in [-0.25, -0.2) is 0 Å². The van der Waals surface area contributed by atoms with Crippen molar-refractivity contribution < 1.29 is 19.7 Å². The molecule has 532 valence electrons. The van der Waals surface area contributed by atoms with Crippen LogP contribution < -0.4 is 9.47 Å². The van der Waals surface area contributed by atoms with Crippen LogP contribution in [0.25, 0.3) is 77.2 Å². The van der Waals surface area contributed by atoms with Gasteiger partial charge in [0.25, 0.3) is 0 Å². The minimum Gasteiger partial charge on any atom is -0.505 e. The molecule has 2 fully saturated rings. The van der Waals surface area contributed by atoms with Crippen LogP contribution in [0.15, 0.2) is 109 Å². The molecule has 14 rings (SSSR count). The van der Waals surface area contributed by atoms with Crippen molar-refractivity contribution >= 4 is 43.6 Å². The first-order valence-electron chi connectivity index (χ1n) is 38.5. The molecule has 2 N–H and O–H groups in total. The Morgan fingerprint density at radius 1 is 0.347 bits per heavy atom. The van der Waals surface area contributed by atoms with Gasteiger partial charge in [-0.05, 0) is 249 Å². The fourth-order valence-corrected chi connectivity index (χ4v) is 19.8. The number of aromatic nitrogens is 2. The molecule has 2 heterocycles. The number of fused-ring (bicyclic) bond motifs is 16. The maximum atomic E-state index is 13.8. The zero-order valence-corrected chi connectivity index (χ0v) is 66.1. The molecule has 4 atom stereocenters. The SMILES string of the molecule is Cc1cc(-c2cc(C(C)(C)CC(C)(C)C)cc(-n3c4cc(C(C)(C)C)ccc4c4ccc(C(C)(C)C)cc43)c2O)c(OCCCOc2c(-c3cc(C(C)(C)CC(C)(C)C)cc(-n4c5cc(C(C)(C)C)ccc5c5ccc(C(C)(C)C)cc54)c3O)cc(C)c3c2C2CCC3C2)c2c1C1CCC2C1. The Morgan fingerprint density at radius 3 is 0.911 bits per heavy atom. The van der Waals surface area contributed by atoms with E-state index in [0.29, 0.717) is 43.3 Å². The topological polar surface area (TPSA) is 68.8 Å². The van der Waals surface area contributed by atoms with Crippen LogP contribution in [-0.2, 0) is 32.5 Å². The highest BCUT2D eigenvalue weighted by atomic mass is 16.5. The van der Waals surface area contributed by atoms with E-state index < -0.39 is 0 Å². The van der Waals surface area contributed by atoms with Gasteiger partial charge in [-0.15, -0.1) is 0 Å². The number of ether oxygens (including phenoxy) is 2. The van der Waals surface area contributed by atoms with Gasteiger partial charge in [0.2, 0.25) is 0 Å². The van der Waals surface area contributed by atoms with Crippen molar-refractivity contribution in [2.45, 2.75) is 280 Å². The number of aryl methyl sites for hydroxylation is 2. The molecule has 0 radical (unpaired) electrons. The molecule has 4 aliphatic carbocycles. The van der Waals surface area contributed by atoms with Gasteiger partial charge in [0.15, 0.2) is 0 Å². The minimum atomic E-state index is -0.265. The molecule has 0 spiro atoms. The second kappa shape index (κ2) is 24.1. The van der Waals surface area contributed by atoms with E-state index in [4.69, 9.17) is 9.47 Å². The molecule has 0 aliphatic heterocycles. The molecule has 101 heavy (non-hydrogen) atoms. The predicted molar refractivity (Wildman–Crippen MR) is 429 cm³/mol. The summed E-state index contributed by atoms with van der Waals surface area (Å²) < 4.78 is 19.9.